The molecule has 2 aromatic carbocycles. The molecule has 0 radical (unpaired) electrons. The molecule has 0 aliphatic rings. The Morgan fingerprint density at radius 2 is 1.83 bits per heavy atom. The van der Waals surface area contributed by atoms with Gasteiger partial charge in [-0.25, -0.2) is 0 Å². The molecule has 0 amide bonds. The summed E-state index contributed by atoms with van der Waals surface area (Å²) in [7, 11) is 0. The van der Waals surface area contributed by atoms with Gasteiger partial charge in [-0.05, 0) is 18.1 Å². The van der Waals surface area contributed by atoms with Crippen molar-refractivity contribution in [2.24, 2.45) is 5.10 Å². The van der Waals surface area contributed by atoms with Crippen molar-refractivity contribution in [3.05, 3.63) is 66.0 Å². The molecule has 0 aliphatic carbocycles. The number of nitrogens with zero attached hydrogens (tertiary/aromatic N) is 5. The molecule has 2 heterocycles. The monoisotopic (exact) mass is 302 g/mol. The summed E-state index contributed by atoms with van der Waals surface area (Å²) in [6.07, 6.45) is 3.38. The molecule has 23 heavy (non-hydrogen) atoms. The van der Waals surface area contributed by atoms with E-state index < -0.39 is 0 Å². The second-order valence-electron chi connectivity index (χ2n) is 5.22. The molecule has 1 N–H and O–H groups in total. The van der Waals surface area contributed by atoms with Crippen molar-refractivity contribution in [1.82, 2.24) is 19.8 Å². The first-order valence-electron chi connectivity index (χ1n) is 7.26. The maximum absolute atomic E-state index is 4.48. The molecular formula is C17H14N6. The first-order chi connectivity index (χ1) is 11.3. The first-order valence-corrected chi connectivity index (χ1v) is 7.26. The van der Waals surface area contributed by atoms with Crippen molar-refractivity contribution in [3.63, 3.8) is 0 Å². The zero-order valence-corrected chi connectivity index (χ0v) is 12.5. The van der Waals surface area contributed by atoms with Gasteiger partial charge < -0.3 is 0 Å². The SMILES string of the molecule is Cc1ccccc1/C=N/Nc1nn2cnnc2c2ccccc12. The highest BCUT2D eigenvalue weighted by molar-refractivity contribution is 5.99. The van der Waals surface area contributed by atoms with Crippen LogP contribution in [0.4, 0.5) is 5.82 Å². The number of benzene rings is 2. The predicted molar refractivity (Wildman–Crippen MR) is 90.7 cm³/mol. The summed E-state index contributed by atoms with van der Waals surface area (Å²) in [5, 5.41) is 18.8. The standard InChI is InChI=1S/C17H14N6/c1-12-6-2-3-7-13(12)10-18-20-16-14-8-4-5-9-15(14)17-21-19-11-23(17)22-16/h2-11H,1H3,(H,20,22)/b18-10+. The Bertz CT molecular complexity index is 1020. The van der Waals surface area contributed by atoms with E-state index in [-0.39, 0.29) is 0 Å². The summed E-state index contributed by atoms with van der Waals surface area (Å²) in [6.45, 7) is 2.05. The number of fused-ring (bicyclic) bond motifs is 3. The molecule has 0 bridgehead atoms. The highest BCUT2D eigenvalue weighted by Crippen LogP contribution is 2.23. The Kier molecular flexibility index (Phi) is 3.20. The van der Waals surface area contributed by atoms with Gasteiger partial charge in [-0.2, -0.15) is 9.62 Å². The van der Waals surface area contributed by atoms with Crippen molar-refractivity contribution in [2.45, 2.75) is 6.92 Å². The van der Waals surface area contributed by atoms with Gasteiger partial charge in [0.15, 0.2) is 11.5 Å². The third-order valence-corrected chi connectivity index (χ3v) is 3.72. The number of nitrogens with one attached hydrogen (secondary N) is 1. The Balaban J connectivity index is 1.74. The maximum Gasteiger partial charge on any atom is 0.185 e. The van der Waals surface area contributed by atoms with Crippen molar-refractivity contribution in [2.75, 3.05) is 5.43 Å². The molecule has 6 heteroatoms. The van der Waals surface area contributed by atoms with Crippen LogP contribution in [0.3, 0.4) is 0 Å². The second kappa shape index (κ2) is 5.49. The van der Waals surface area contributed by atoms with Crippen LogP contribution in [0.25, 0.3) is 16.4 Å². The molecule has 4 aromatic rings. The molecule has 0 unspecified atom stereocenters. The Labute approximate surface area is 132 Å². The number of rotatable bonds is 3. The van der Waals surface area contributed by atoms with Gasteiger partial charge in [0.2, 0.25) is 0 Å². The van der Waals surface area contributed by atoms with Gasteiger partial charge in [0, 0.05) is 10.8 Å². The lowest BCUT2D eigenvalue weighted by molar-refractivity contribution is 0.934. The predicted octanol–water partition coefficient (Wildman–Crippen LogP) is 3.03. The quantitative estimate of drug-likeness (QED) is 0.466. The average Bonchev–Trinajstić information content (AvgIpc) is 3.05. The molecule has 6 nitrogen and oxygen atoms in total. The van der Waals surface area contributed by atoms with Crippen molar-refractivity contribution in [3.8, 4) is 0 Å². The number of aryl methyl sites for hydroxylation is 1. The first kappa shape index (κ1) is 13.4. The van der Waals surface area contributed by atoms with E-state index in [2.05, 4.69) is 38.8 Å². The van der Waals surface area contributed by atoms with Gasteiger partial charge in [-0.15, -0.1) is 15.3 Å². The summed E-state index contributed by atoms with van der Waals surface area (Å²) in [5.41, 5.74) is 5.99. The lowest BCUT2D eigenvalue weighted by atomic mass is 10.1. The number of hydrogen-bond donors (Lipinski definition) is 1. The third-order valence-electron chi connectivity index (χ3n) is 3.72. The maximum atomic E-state index is 4.48. The zero-order chi connectivity index (χ0) is 15.6. The number of anilines is 1. The van der Waals surface area contributed by atoms with E-state index in [0.29, 0.717) is 5.82 Å². The summed E-state index contributed by atoms with van der Waals surface area (Å²) >= 11 is 0. The minimum absolute atomic E-state index is 0.665. The van der Waals surface area contributed by atoms with E-state index in [1.54, 1.807) is 17.1 Å². The molecule has 2 aromatic heterocycles. The second-order valence-corrected chi connectivity index (χ2v) is 5.22. The van der Waals surface area contributed by atoms with Crippen LogP contribution < -0.4 is 5.43 Å². The van der Waals surface area contributed by atoms with Crippen molar-refractivity contribution >= 4 is 28.5 Å². The largest absolute Gasteiger partial charge is 0.259 e. The third kappa shape index (κ3) is 2.40. The van der Waals surface area contributed by atoms with Crippen LogP contribution in [0, 0.1) is 6.92 Å². The van der Waals surface area contributed by atoms with Gasteiger partial charge >= 0.3 is 0 Å². The summed E-state index contributed by atoms with van der Waals surface area (Å²) in [6, 6.07) is 16.0. The lowest BCUT2D eigenvalue weighted by Crippen LogP contribution is -2.00. The van der Waals surface area contributed by atoms with Gasteiger partial charge in [0.25, 0.3) is 0 Å². The summed E-state index contributed by atoms with van der Waals surface area (Å²) in [5.74, 6) is 0.665. The molecule has 0 fully saturated rings. The van der Waals surface area contributed by atoms with Crippen LogP contribution in [-0.2, 0) is 0 Å². The molecular weight excluding hydrogens is 288 g/mol. The number of hydrazone groups is 1. The fourth-order valence-corrected chi connectivity index (χ4v) is 2.50. The average molecular weight is 302 g/mol. The van der Waals surface area contributed by atoms with Crippen molar-refractivity contribution < 1.29 is 0 Å². The number of aromatic nitrogens is 4. The molecule has 4 rings (SSSR count). The summed E-state index contributed by atoms with van der Waals surface area (Å²) in [4.78, 5) is 0. The highest BCUT2D eigenvalue weighted by atomic mass is 15.4. The van der Waals surface area contributed by atoms with E-state index in [1.165, 1.54) is 5.56 Å². The fraction of sp³-hybridized carbons (Fsp3) is 0.0588. The fourth-order valence-electron chi connectivity index (χ4n) is 2.50. The minimum atomic E-state index is 0.665. The van der Waals surface area contributed by atoms with Gasteiger partial charge in [0.1, 0.15) is 6.33 Å². The Morgan fingerprint density at radius 3 is 2.70 bits per heavy atom. The van der Waals surface area contributed by atoms with Gasteiger partial charge in [-0.1, -0.05) is 48.5 Å². The molecule has 112 valence electrons. The Morgan fingerprint density at radius 1 is 1.04 bits per heavy atom. The van der Waals surface area contributed by atoms with Crippen LogP contribution in [0.5, 0.6) is 0 Å². The van der Waals surface area contributed by atoms with Crippen molar-refractivity contribution in [1.29, 1.82) is 0 Å². The molecule has 0 atom stereocenters. The highest BCUT2D eigenvalue weighted by Gasteiger charge is 2.08. The number of hydrogen-bond acceptors (Lipinski definition) is 5. The van der Waals surface area contributed by atoms with Crippen LogP contribution in [0.15, 0.2) is 60.0 Å². The zero-order valence-electron chi connectivity index (χ0n) is 12.5. The molecule has 0 aliphatic heterocycles. The molecule has 0 spiro atoms. The molecule has 0 saturated carbocycles. The van der Waals surface area contributed by atoms with Crippen LogP contribution in [-0.4, -0.2) is 26.0 Å². The van der Waals surface area contributed by atoms with Gasteiger partial charge in [-0.3, -0.25) is 5.43 Å². The van der Waals surface area contributed by atoms with E-state index in [1.807, 2.05) is 42.5 Å². The minimum Gasteiger partial charge on any atom is -0.259 e. The normalized spacial score (nSPS) is 11.5. The van der Waals surface area contributed by atoms with E-state index in [4.69, 9.17) is 0 Å². The molecule has 0 saturated heterocycles. The topological polar surface area (TPSA) is 67.5 Å². The Hall–Kier alpha value is -3.28. The lowest BCUT2D eigenvalue weighted by Gasteiger charge is -2.06. The van der Waals surface area contributed by atoms with Crippen LogP contribution >= 0.6 is 0 Å². The van der Waals surface area contributed by atoms with Crippen LogP contribution in [0.2, 0.25) is 0 Å². The summed E-state index contributed by atoms with van der Waals surface area (Å²) < 4.78 is 1.65. The van der Waals surface area contributed by atoms with E-state index in [9.17, 15) is 0 Å². The van der Waals surface area contributed by atoms with E-state index in [0.717, 1.165) is 22.0 Å². The smallest absolute Gasteiger partial charge is 0.185 e. The van der Waals surface area contributed by atoms with Crippen LogP contribution in [0.1, 0.15) is 11.1 Å². The van der Waals surface area contributed by atoms with E-state index >= 15 is 0 Å². The van der Waals surface area contributed by atoms with Gasteiger partial charge in [0.05, 0.1) is 6.21 Å².